The molecule has 0 unspecified atom stereocenters. The van der Waals surface area contributed by atoms with Crippen LogP contribution in [0.15, 0.2) is 34.6 Å². The van der Waals surface area contributed by atoms with Gasteiger partial charge in [0.25, 0.3) is 0 Å². The van der Waals surface area contributed by atoms with Crippen LogP contribution < -0.4 is 4.74 Å². The van der Waals surface area contributed by atoms with E-state index in [1.807, 2.05) is 26.0 Å². The smallest absolute Gasteiger partial charge is 0.360 e. The molecule has 2 rings (SSSR count). The van der Waals surface area contributed by atoms with Crippen LogP contribution in [0.3, 0.4) is 0 Å². The zero-order chi connectivity index (χ0) is 21.4. The first-order valence-corrected chi connectivity index (χ1v) is 8.76. The Morgan fingerprint density at radius 3 is 2.38 bits per heavy atom. The van der Waals surface area contributed by atoms with Crippen LogP contribution in [0.25, 0.3) is 0 Å². The average Bonchev–Trinajstić information content (AvgIpc) is 2.72. The van der Waals surface area contributed by atoms with Gasteiger partial charge in [-0.15, -0.1) is 0 Å². The maximum Gasteiger partial charge on any atom is 0.360 e. The maximum atomic E-state index is 12.1. The van der Waals surface area contributed by atoms with Crippen molar-refractivity contribution in [2.45, 2.75) is 27.4 Å². The van der Waals surface area contributed by atoms with Gasteiger partial charge in [0, 0.05) is 16.8 Å². The van der Waals surface area contributed by atoms with Crippen LogP contribution in [-0.4, -0.2) is 48.7 Å². The summed E-state index contributed by atoms with van der Waals surface area (Å²) < 4.78 is 10.8. The summed E-state index contributed by atoms with van der Waals surface area (Å²) in [4.78, 5) is 30.5. The van der Waals surface area contributed by atoms with Crippen molar-refractivity contribution in [2.75, 3.05) is 21.3 Å². The Bertz CT molecular complexity index is 940. The van der Waals surface area contributed by atoms with Crippen molar-refractivity contribution in [3.8, 4) is 5.88 Å². The van der Waals surface area contributed by atoms with Crippen LogP contribution in [0.4, 0.5) is 0 Å². The number of methoxy groups -OCH3 is 1. The van der Waals surface area contributed by atoms with Gasteiger partial charge in [0.2, 0.25) is 5.88 Å². The molecule has 0 amide bonds. The standard InChI is InChI=1S/C20H24N4O5/c1-12-13(2)21-18(14(3)23-27-5)22-19(12)29-11-15-9-7-8-10-16(15)17(24-28-6)20(25)26-4/h7-10H,11H2,1-6H3/b23-14-,24-17+. The second kappa shape index (κ2) is 10.2. The van der Waals surface area contributed by atoms with Gasteiger partial charge in [0.15, 0.2) is 11.5 Å². The van der Waals surface area contributed by atoms with Crippen molar-refractivity contribution >= 4 is 17.4 Å². The van der Waals surface area contributed by atoms with E-state index < -0.39 is 5.97 Å². The highest BCUT2D eigenvalue weighted by molar-refractivity contribution is 6.43. The van der Waals surface area contributed by atoms with Gasteiger partial charge < -0.3 is 19.1 Å². The maximum absolute atomic E-state index is 12.1. The van der Waals surface area contributed by atoms with Gasteiger partial charge in [0.1, 0.15) is 26.5 Å². The molecule has 0 saturated heterocycles. The fourth-order valence-corrected chi connectivity index (χ4v) is 2.49. The largest absolute Gasteiger partial charge is 0.472 e. The number of hydrogen-bond acceptors (Lipinski definition) is 9. The van der Waals surface area contributed by atoms with Crippen molar-refractivity contribution < 1.29 is 23.9 Å². The van der Waals surface area contributed by atoms with Gasteiger partial charge in [0.05, 0.1) is 7.11 Å². The first kappa shape index (κ1) is 21.8. The molecule has 1 aromatic heterocycles. The summed E-state index contributed by atoms with van der Waals surface area (Å²) in [5, 5.41) is 7.67. The lowest BCUT2D eigenvalue weighted by Gasteiger charge is -2.14. The van der Waals surface area contributed by atoms with E-state index in [2.05, 4.69) is 20.3 Å². The molecule has 0 bridgehead atoms. The van der Waals surface area contributed by atoms with Crippen LogP contribution >= 0.6 is 0 Å². The van der Waals surface area contributed by atoms with Crippen molar-refractivity contribution in [3.05, 3.63) is 52.5 Å². The molecule has 29 heavy (non-hydrogen) atoms. The number of rotatable bonds is 8. The lowest BCUT2D eigenvalue weighted by Crippen LogP contribution is -2.20. The van der Waals surface area contributed by atoms with Gasteiger partial charge >= 0.3 is 5.97 Å². The number of carbonyl (C=O) groups excluding carboxylic acids is 1. The molecule has 0 aliphatic rings. The summed E-state index contributed by atoms with van der Waals surface area (Å²) >= 11 is 0. The summed E-state index contributed by atoms with van der Waals surface area (Å²) in [6, 6.07) is 7.19. The SMILES string of the molecule is CO/N=C(/C)c1nc(C)c(C)c(OCc2ccccc2/C(=N\OC)C(=O)OC)n1. The second-order valence-corrected chi connectivity index (χ2v) is 5.98. The monoisotopic (exact) mass is 400 g/mol. The van der Waals surface area contributed by atoms with E-state index in [9.17, 15) is 4.79 Å². The second-order valence-electron chi connectivity index (χ2n) is 5.98. The molecule has 0 N–H and O–H groups in total. The fourth-order valence-electron chi connectivity index (χ4n) is 2.49. The van der Waals surface area contributed by atoms with E-state index >= 15 is 0 Å². The Labute approximate surface area is 169 Å². The molecule has 154 valence electrons. The minimum atomic E-state index is -0.609. The Kier molecular flexibility index (Phi) is 7.64. The van der Waals surface area contributed by atoms with E-state index in [1.54, 1.807) is 19.1 Å². The lowest BCUT2D eigenvalue weighted by molar-refractivity contribution is -0.132. The molecule has 1 aromatic carbocycles. The number of benzene rings is 1. The number of aryl methyl sites for hydroxylation is 1. The number of nitrogens with zero attached hydrogens (tertiary/aromatic N) is 4. The van der Waals surface area contributed by atoms with Gasteiger partial charge in [-0.1, -0.05) is 34.6 Å². The van der Waals surface area contributed by atoms with E-state index in [4.69, 9.17) is 19.1 Å². The number of carbonyl (C=O) groups is 1. The number of ether oxygens (including phenoxy) is 2. The number of esters is 1. The highest BCUT2D eigenvalue weighted by Gasteiger charge is 2.20. The summed E-state index contributed by atoms with van der Waals surface area (Å²) in [5.41, 5.74) is 3.40. The molecular weight excluding hydrogens is 376 g/mol. The Morgan fingerprint density at radius 2 is 1.72 bits per heavy atom. The van der Waals surface area contributed by atoms with Gasteiger partial charge in [-0.3, -0.25) is 0 Å². The highest BCUT2D eigenvalue weighted by atomic mass is 16.6. The van der Waals surface area contributed by atoms with Crippen LogP contribution in [0.1, 0.15) is 35.1 Å². The molecule has 9 nitrogen and oxygen atoms in total. The predicted molar refractivity (Wildman–Crippen MR) is 107 cm³/mol. The van der Waals surface area contributed by atoms with Crippen molar-refractivity contribution in [3.63, 3.8) is 0 Å². The van der Waals surface area contributed by atoms with Crippen molar-refractivity contribution in [1.29, 1.82) is 0 Å². The summed E-state index contributed by atoms with van der Waals surface area (Å²) in [5.74, 6) is 0.215. The van der Waals surface area contributed by atoms with Crippen LogP contribution in [-0.2, 0) is 25.8 Å². The molecule has 0 aliphatic heterocycles. The van der Waals surface area contributed by atoms with E-state index in [1.165, 1.54) is 21.3 Å². The van der Waals surface area contributed by atoms with E-state index in [0.717, 1.165) is 11.3 Å². The van der Waals surface area contributed by atoms with E-state index in [-0.39, 0.29) is 12.3 Å². The molecule has 0 aliphatic carbocycles. The van der Waals surface area contributed by atoms with Gasteiger partial charge in [-0.05, 0) is 26.3 Å². The van der Waals surface area contributed by atoms with Crippen molar-refractivity contribution in [2.24, 2.45) is 10.3 Å². The molecular formula is C20H24N4O5. The summed E-state index contributed by atoms with van der Waals surface area (Å²) in [7, 11) is 4.10. The Hall–Kier alpha value is -3.49. The first-order valence-electron chi connectivity index (χ1n) is 8.76. The zero-order valence-electron chi connectivity index (χ0n) is 17.3. The Balaban J connectivity index is 2.37. The highest BCUT2D eigenvalue weighted by Crippen LogP contribution is 2.21. The third-order valence-corrected chi connectivity index (χ3v) is 4.09. The van der Waals surface area contributed by atoms with E-state index in [0.29, 0.717) is 28.5 Å². The third-order valence-electron chi connectivity index (χ3n) is 4.09. The third kappa shape index (κ3) is 5.28. The molecule has 0 spiro atoms. The number of hydrogen-bond donors (Lipinski definition) is 0. The minimum Gasteiger partial charge on any atom is -0.472 e. The minimum absolute atomic E-state index is 0.0496. The fraction of sp³-hybridized carbons (Fsp3) is 0.350. The topological polar surface area (TPSA) is 104 Å². The lowest BCUT2D eigenvalue weighted by atomic mass is 10.0. The normalized spacial score (nSPS) is 11.8. The van der Waals surface area contributed by atoms with Crippen molar-refractivity contribution in [1.82, 2.24) is 9.97 Å². The number of aromatic nitrogens is 2. The summed E-state index contributed by atoms with van der Waals surface area (Å²) in [6.07, 6.45) is 0. The first-order chi connectivity index (χ1) is 13.9. The average molecular weight is 400 g/mol. The molecule has 9 heteroatoms. The molecule has 0 fully saturated rings. The zero-order valence-corrected chi connectivity index (χ0v) is 17.3. The Morgan fingerprint density at radius 1 is 1.03 bits per heavy atom. The molecule has 0 radical (unpaired) electrons. The predicted octanol–water partition coefficient (Wildman–Crippen LogP) is 2.57. The molecule has 0 saturated carbocycles. The molecule has 1 heterocycles. The van der Waals surface area contributed by atoms with Gasteiger partial charge in [-0.25, -0.2) is 9.78 Å². The summed E-state index contributed by atoms with van der Waals surface area (Å²) in [6.45, 7) is 5.63. The van der Waals surface area contributed by atoms with Gasteiger partial charge in [-0.2, -0.15) is 4.98 Å². The molecule has 0 atom stereocenters. The number of oxime groups is 2. The van der Waals surface area contributed by atoms with Crippen LogP contribution in [0.2, 0.25) is 0 Å². The van der Waals surface area contributed by atoms with Crippen LogP contribution in [0, 0.1) is 13.8 Å². The van der Waals surface area contributed by atoms with Crippen LogP contribution in [0.5, 0.6) is 5.88 Å². The quantitative estimate of drug-likeness (QED) is 0.381. The molecule has 2 aromatic rings.